The Morgan fingerprint density at radius 2 is 1.89 bits per heavy atom. The van der Waals surface area contributed by atoms with Crippen LogP contribution >= 0.6 is 37.2 Å². The lowest BCUT2D eigenvalue weighted by Gasteiger charge is -2.36. The first-order valence-electron chi connectivity index (χ1n) is 8.93. The van der Waals surface area contributed by atoms with E-state index in [0.717, 1.165) is 57.3 Å². The number of carbonyl (C=O) groups is 1. The third-order valence-corrected chi connectivity index (χ3v) is 4.77. The van der Waals surface area contributed by atoms with Crippen LogP contribution in [0.4, 0.5) is 11.4 Å². The number of morpholine rings is 1. The number of carbonyl (C=O) groups excluding carboxylic acids is 1. The molecule has 1 aromatic carbocycles. The van der Waals surface area contributed by atoms with Gasteiger partial charge < -0.3 is 25.2 Å². The Morgan fingerprint density at radius 1 is 1.19 bits per heavy atom. The maximum absolute atomic E-state index is 12.4. The van der Waals surface area contributed by atoms with Gasteiger partial charge in [-0.15, -0.1) is 37.2 Å². The highest BCUT2D eigenvalue weighted by Gasteiger charge is 2.20. The highest BCUT2D eigenvalue weighted by molar-refractivity contribution is 5.94. The molecule has 1 unspecified atom stereocenters. The molecule has 2 aliphatic heterocycles. The van der Waals surface area contributed by atoms with Gasteiger partial charge in [-0.1, -0.05) is 19.1 Å². The molecule has 156 valence electrons. The average Bonchev–Trinajstić information content (AvgIpc) is 2.63. The van der Waals surface area contributed by atoms with Crippen LogP contribution in [0.15, 0.2) is 24.3 Å². The van der Waals surface area contributed by atoms with Gasteiger partial charge in [0.2, 0.25) is 5.91 Å². The number of ether oxygens (including phenoxy) is 1. The number of hydrogen-bond donors (Lipinski definition) is 2. The molecule has 0 spiro atoms. The number of hydrogen-bond acceptors (Lipinski definition) is 5. The summed E-state index contributed by atoms with van der Waals surface area (Å²) in [6, 6.07) is 8.21. The molecule has 3 rings (SSSR count). The van der Waals surface area contributed by atoms with Gasteiger partial charge >= 0.3 is 0 Å². The lowest BCUT2D eigenvalue weighted by atomic mass is 10.1. The average molecular weight is 442 g/mol. The van der Waals surface area contributed by atoms with Gasteiger partial charge in [-0.25, -0.2) is 0 Å². The Morgan fingerprint density at radius 3 is 2.52 bits per heavy atom. The first-order chi connectivity index (χ1) is 11.8. The van der Waals surface area contributed by atoms with E-state index in [1.165, 1.54) is 0 Å². The van der Waals surface area contributed by atoms with E-state index in [-0.39, 0.29) is 49.2 Å². The van der Waals surface area contributed by atoms with Crippen LogP contribution in [0.1, 0.15) is 13.3 Å². The van der Waals surface area contributed by atoms with Gasteiger partial charge in [-0.3, -0.25) is 4.79 Å². The molecule has 0 aromatic heterocycles. The highest BCUT2D eigenvalue weighted by Crippen LogP contribution is 2.26. The summed E-state index contributed by atoms with van der Waals surface area (Å²) in [6.07, 6.45) is 0.442. The van der Waals surface area contributed by atoms with Crippen molar-refractivity contribution in [2.45, 2.75) is 19.4 Å². The van der Waals surface area contributed by atoms with Crippen LogP contribution in [0.25, 0.3) is 0 Å². The molecule has 0 bridgehead atoms. The second-order valence-electron chi connectivity index (χ2n) is 6.42. The number of likely N-dealkylation sites (N-methyl/N-ethyl adjacent to an activating group) is 1. The van der Waals surface area contributed by atoms with E-state index in [1.807, 2.05) is 18.2 Å². The van der Waals surface area contributed by atoms with Crippen LogP contribution in [0, 0.1) is 0 Å². The van der Waals surface area contributed by atoms with Gasteiger partial charge in [0.25, 0.3) is 0 Å². The molecule has 1 atom stereocenters. The van der Waals surface area contributed by atoms with E-state index >= 15 is 0 Å². The molecule has 2 fully saturated rings. The maximum Gasteiger partial charge on any atom is 0.226 e. The topological polar surface area (TPSA) is 56.8 Å². The number of nitrogens with one attached hydrogen (secondary N) is 2. The summed E-state index contributed by atoms with van der Waals surface area (Å²) in [6.45, 7) is 9.59. The Hall–Kier alpha value is -0.760. The van der Waals surface area contributed by atoms with Crippen molar-refractivity contribution in [1.82, 2.24) is 10.2 Å². The summed E-state index contributed by atoms with van der Waals surface area (Å²) in [4.78, 5) is 17.2. The van der Waals surface area contributed by atoms with E-state index in [0.29, 0.717) is 13.0 Å². The number of para-hydroxylation sites is 2. The van der Waals surface area contributed by atoms with E-state index in [2.05, 4.69) is 33.4 Å². The number of anilines is 2. The molecule has 9 heteroatoms. The van der Waals surface area contributed by atoms with Crippen LogP contribution in [-0.2, 0) is 9.53 Å². The zero-order valence-electron chi connectivity index (χ0n) is 15.7. The number of nitrogens with zero attached hydrogens (tertiary/aromatic N) is 2. The predicted octanol–water partition coefficient (Wildman–Crippen LogP) is 2.41. The number of benzene rings is 1. The summed E-state index contributed by atoms with van der Waals surface area (Å²) >= 11 is 0. The molecule has 0 saturated carbocycles. The molecule has 1 amide bonds. The number of rotatable bonds is 5. The largest absolute Gasteiger partial charge is 0.378 e. The van der Waals surface area contributed by atoms with Crippen molar-refractivity contribution >= 4 is 54.5 Å². The number of amides is 1. The third-order valence-electron chi connectivity index (χ3n) is 4.77. The molecule has 27 heavy (non-hydrogen) atoms. The van der Waals surface area contributed by atoms with Gasteiger partial charge in [0, 0.05) is 45.2 Å². The minimum atomic E-state index is 0. The monoisotopic (exact) mass is 440 g/mol. The fourth-order valence-corrected chi connectivity index (χ4v) is 3.34. The zero-order chi connectivity index (χ0) is 16.8. The zero-order valence-corrected chi connectivity index (χ0v) is 18.1. The summed E-state index contributed by atoms with van der Waals surface area (Å²) in [5, 5.41) is 6.41. The first-order valence-corrected chi connectivity index (χ1v) is 8.93. The van der Waals surface area contributed by atoms with Crippen LogP contribution < -0.4 is 15.5 Å². The van der Waals surface area contributed by atoms with E-state index < -0.39 is 0 Å². The predicted molar refractivity (Wildman–Crippen MR) is 118 cm³/mol. The van der Waals surface area contributed by atoms with E-state index in [4.69, 9.17) is 4.74 Å². The summed E-state index contributed by atoms with van der Waals surface area (Å²) in [5.41, 5.74) is 2.03. The van der Waals surface area contributed by atoms with Crippen LogP contribution in [0.2, 0.25) is 0 Å². The Kier molecular flexibility index (Phi) is 13.0. The molecule has 1 aromatic rings. The summed E-state index contributed by atoms with van der Waals surface area (Å²) in [5.74, 6) is 0.0395. The molecule has 0 aliphatic carbocycles. The Balaban J connectivity index is 0.00000225. The van der Waals surface area contributed by atoms with Gasteiger partial charge in [0.05, 0.1) is 24.6 Å². The van der Waals surface area contributed by atoms with Gasteiger partial charge in [-0.05, 0) is 18.7 Å². The fourth-order valence-electron chi connectivity index (χ4n) is 3.34. The summed E-state index contributed by atoms with van der Waals surface area (Å²) in [7, 11) is 0. The van der Waals surface area contributed by atoms with Crippen molar-refractivity contribution in [2.75, 3.05) is 62.7 Å². The molecule has 2 N–H and O–H groups in total. The van der Waals surface area contributed by atoms with E-state index in [9.17, 15) is 4.79 Å². The molecule has 2 aliphatic rings. The van der Waals surface area contributed by atoms with Gasteiger partial charge in [0.1, 0.15) is 0 Å². The van der Waals surface area contributed by atoms with Crippen molar-refractivity contribution in [3.63, 3.8) is 0 Å². The SMILES string of the molecule is CCN1CCN(c2ccccc2NC(=O)CC2COCCN2)CC1.Cl.Cl.Cl. The fraction of sp³-hybridized carbons (Fsp3) is 0.611. The van der Waals surface area contributed by atoms with Crippen LogP contribution in [-0.4, -0.2) is 69.3 Å². The molecule has 2 heterocycles. The van der Waals surface area contributed by atoms with Crippen molar-refractivity contribution < 1.29 is 9.53 Å². The smallest absolute Gasteiger partial charge is 0.226 e. The Bertz CT molecular complexity index is 551. The molecular weight excluding hydrogens is 411 g/mol. The van der Waals surface area contributed by atoms with Crippen molar-refractivity contribution in [3.05, 3.63) is 24.3 Å². The number of piperazine rings is 1. The van der Waals surface area contributed by atoms with Gasteiger partial charge in [0.15, 0.2) is 0 Å². The lowest BCUT2D eigenvalue weighted by molar-refractivity contribution is -0.117. The summed E-state index contributed by atoms with van der Waals surface area (Å²) < 4.78 is 5.42. The Labute approximate surface area is 180 Å². The van der Waals surface area contributed by atoms with Gasteiger partial charge in [-0.2, -0.15) is 0 Å². The third kappa shape index (κ3) is 7.64. The highest BCUT2D eigenvalue weighted by atomic mass is 35.5. The van der Waals surface area contributed by atoms with Crippen molar-refractivity contribution in [1.29, 1.82) is 0 Å². The van der Waals surface area contributed by atoms with Crippen molar-refractivity contribution in [2.24, 2.45) is 0 Å². The quantitative estimate of drug-likeness (QED) is 0.735. The minimum absolute atomic E-state index is 0. The maximum atomic E-state index is 12.4. The first kappa shape index (κ1) is 26.2. The standard InChI is InChI=1S/C18H28N4O2.3ClH/c1-2-21-8-10-22(11-9-21)17-6-4-3-5-16(17)20-18(23)13-15-14-24-12-7-19-15;;;/h3-6,15,19H,2,7-14H2,1H3,(H,20,23);3*1H. The van der Waals surface area contributed by atoms with Crippen molar-refractivity contribution in [3.8, 4) is 0 Å². The number of halogens is 3. The van der Waals surface area contributed by atoms with E-state index in [1.54, 1.807) is 0 Å². The molecule has 2 saturated heterocycles. The second-order valence-corrected chi connectivity index (χ2v) is 6.42. The van der Waals surface area contributed by atoms with Crippen LogP contribution in [0.5, 0.6) is 0 Å². The van der Waals surface area contributed by atoms with Crippen LogP contribution in [0.3, 0.4) is 0 Å². The molecular formula is C18H31Cl3N4O2. The minimum Gasteiger partial charge on any atom is -0.378 e. The normalized spacial score (nSPS) is 19.9. The lowest BCUT2D eigenvalue weighted by Crippen LogP contribution is -2.46. The molecule has 0 radical (unpaired) electrons. The second kappa shape index (κ2) is 13.4. The molecule has 6 nitrogen and oxygen atoms in total.